The number of benzene rings is 2. The molecule has 3 aromatic rings. The van der Waals surface area contributed by atoms with Crippen molar-refractivity contribution in [2.24, 2.45) is 0 Å². The summed E-state index contributed by atoms with van der Waals surface area (Å²) in [5.41, 5.74) is 2.80. The minimum atomic E-state index is -0.667. The first-order valence-corrected chi connectivity index (χ1v) is 12.1. The first kappa shape index (κ1) is 23.0. The number of amides is 4. The molecule has 4 amide bonds. The second-order valence-corrected chi connectivity index (χ2v) is 9.75. The van der Waals surface area contributed by atoms with Crippen LogP contribution < -0.4 is 16.0 Å². The second kappa shape index (κ2) is 9.47. The number of carbonyl (C=O) groups excluding carboxylic acids is 4. The molecule has 5 rings (SSSR count). The summed E-state index contributed by atoms with van der Waals surface area (Å²) in [5.74, 6) is -1.30. The minimum absolute atomic E-state index is 0.0680. The van der Waals surface area contributed by atoms with E-state index in [1.807, 2.05) is 12.1 Å². The summed E-state index contributed by atoms with van der Waals surface area (Å²) in [4.78, 5) is 54.9. The lowest BCUT2D eigenvalue weighted by Crippen LogP contribution is -2.52. The van der Waals surface area contributed by atoms with E-state index in [2.05, 4.69) is 20.9 Å². The van der Waals surface area contributed by atoms with Crippen molar-refractivity contribution >= 4 is 62.4 Å². The van der Waals surface area contributed by atoms with E-state index in [-0.39, 0.29) is 30.6 Å². The van der Waals surface area contributed by atoms with E-state index < -0.39 is 11.9 Å². The van der Waals surface area contributed by atoms with E-state index in [1.54, 1.807) is 36.5 Å². The number of thiazole rings is 1. The average Bonchev–Trinajstić information content (AvgIpc) is 3.39. The molecule has 1 unspecified atom stereocenters. The van der Waals surface area contributed by atoms with Crippen LogP contribution >= 0.6 is 22.9 Å². The second-order valence-electron chi connectivity index (χ2n) is 8.28. The van der Waals surface area contributed by atoms with Crippen LogP contribution in [0.2, 0.25) is 5.02 Å². The monoisotopic (exact) mass is 509 g/mol. The van der Waals surface area contributed by atoms with Crippen LogP contribution in [0.3, 0.4) is 0 Å². The topological polar surface area (TPSA) is 120 Å². The van der Waals surface area contributed by atoms with Crippen LogP contribution in [0.25, 0.3) is 0 Å². The zero-order valence-electron chi connectivity index (χ0n) is 18.3. The van der Waals surface area contributed by atoms with Crippen LogP contribution in [0.15, 0.2) is 48.7 Å². The van der Waals surface area contributed by atoms with Gasteiger partial charge in [-0.1, -0.05) is 35.1 Å². The van der Waals surface area contributed by atoms with Crippen molar-refractivity contribution in [2.45, 2.75) is 31.8 Å². The molecule has 0 radical (unpaired) electrons. The van der Waals surface area contributed by atoms with Gasteiger partial charge in [-0.05, 0) is 47.9 Å². The Morgan fingerprint density at radius 3 is 2.74 bits per heavy atom. The Labute approximate surface area is 209 Å². The first-order valence-electron chi connectivity index (χ1n) is 10.9. The third kappa shape index (κ3) is 5.03. The van der Waals surface area contributed by atoms with Crippen molar-refractivity contribution in [3.05, 3.63) is 70.4 Å². The van der Waals surface area contributed by atoms with Gasteiger partial charge in [0.2, 0.25) is 17.7 Å². The minimum Gasteiger partial charge on any atom is -0.346 e. The van der Waals surface area contributed by atoms with E-state index in [1.165, 1.54) is 16.2 Å². The van der Waals surface area contributed by atoms with Gasteiger partial charge in [-0.25, -0.2) is 4.98 Å². The van der Waals surface area contributed by atoms with Gasteiger partial charge in [0.1, 0.15) is 11.0 Å². The van der Waals surface area contributed by atoms with Gasteiger partial charge < -0.3 is 15.5 Å². The predicted octanol–water partition coefficient (Wildman–Crippen LogP) is 3.48. The molecule has 3 N–H and O–H groups in total. The molecule has 0 aliphatic carbocycles. The standard InChI is InChI=1S/C24H20ClN5O4S/c25-15-3-5-16(6-4-15)27-21-11-26-24(35-21)29-20(32)10-13-1-2-14-12-30(23(34)17(14)9-13)18-7-8-19(31)28-22(18)33/h1-6,9,11,18,27H,7-8,10,12H2,(H,26,29,32)(H,28,31,33). The fraction of sp³-hybridized carbons (Fsp3) is 0.208. The molecule has 11 heteroatoms. The van der Waals surface area contributed by atoms with Gasteiger partial charge in [0.25, 0.3) is 5.91 Å². The third-order valence-electron chi connectivity index (χ3n) is 5.82. The smallest absolute Gasteiger partial charge is 0.255 e. The summed E-state index contributed by atoms with van der Waals surface area (Å²) in [6.07, 6.45) is 2.21. The molecular weight excluding hydrogens is 490 g/mol. The fourth-order valence-corrected chi connectivity index (χ4v) is 5.00. The highest BCUT2D eigenvalue weighted by Gasteiger charge is 2.39. The molecule has 3 heterocycles. The Morgan fingerprint density at radius 1 is 1.17 bits per heavy atom. The zero-order valence-corrected chi connectivity index (χ0v) is 19.9. The van der Waals surface area contributed by atoms with Crippen molar-refractivity contribution in [3.63, 3.8) is 0 Å². The lowest BCUT2D eigenvalue weighted by atomic mass is 10.0. The number of rotatable bonds is 6. The molecule has 1 saturated heterocycles. The van der Waals surface area contributed by atoms with Gasteiger partial charge in [-0.15, -0.1) is 0 Å². The number of aromatic nitrogens is 1. The number of nitrogens with zero attached hydrogens (tertiary/aromatic N) is 2. The molecule has 0 spiro atoms. The van der Waals surface area contributed by atoms with Crippen LogP contribution in [0, 0.1) is 0 Å². The maximum atomic E-state index is 13.0. The van der Waals surface area contributed by atoms with E-state index in [0.29, 0.717) is 34.2 Å². The molecule has 1 aromatic heterocycles. The summed E-state index contributed by atoms with van der Waals surface area (Å²) in [6, 6.07) is 11.9. The number of hydrogen-bond acceptors (Lipinski definition) is 7. The van der Waals surface area contributed by atoms with Crippen LogP contribution in [0.1, 0.15) is 34.3 Å². The molecule has 35 heavy (non-hydrogen) atoms. The summed E-state index contributed by atoms with van der Waals surface area (Å²) in [7, 11) is 0. The Kier molecular flexibility index (Phi) is 6.23. The summed E-state index contributed by atoms with van der Waals surface area (Å²) < 4.78 is 0. The van der Waals surface area contributed by atoms with Crippen molar-refractivity contribution in [1.82, 2.24) is 15.2 Å². The summed E-state index contributed by atoms with van der Waals surface area (Å²) in [5, 5.41) is 10.1. The number of halogens is 1. The van der Waals surface area contributed by atoms with Crippen molar-refractivity contribution in [3.8, 4) is 0 Å². The van der Waals surface area contributed by atoms with E-state index >= 15 is 0 Å². The average molecular weight is 510 g/mol. The molecule has 9 nitrogen and oxygen atoms in total. The highest BCUT2D eigenvalue weighted by atomic mass is 35.5. The molecule has 2 aliphatic rings. The van der Waals surface area contributed by atoms with Crippen molar-refractivity contribution in [1.29, 1.82) is 0 Å². The number of fused-ring (bicyclic) bond motifs is 1. The van der Waals surface area contributed by atoms with Gasteiger partial charge in [0.05, 0.1) is 12.6 Å². The lowest BCUT2D eigenvalue weighted by Gasteiger charge is -2.29. The summed E-state index contributed by atoms with van der Waals surface area (Å²) in [6.45, 7) is 0.301. The normalized spacial score (nSPS) is 17.2. The van der Waals surface area contributed by atoms with Crippen LogP contribution in [0.4, 0.5) is 15.8 Å². The first-order chi connectivity index (χ1) is 16.9. The molecule has 0 bridgehead atoms. The molecule has 2 aromatic carbocycles. The highest BCUT2D eigenvalue weighted by molar-refractivity contribution is 7.19. The predicted molar refractivity (Wildman–Crippen MR) is 132 cm³/mol. The molecule has 178 valence electrons. The molecule has 1 atom stereocenters. The number of nitrogens with one attached hydrogen (secondary N) is 3. The van der Waals surface area contributed by atoms with Crippen LogP contribution in [0.5, 0.6) is 0 Å². The van der Waals surface area contributed by atoms with Gasteiger partial charge in [-0.3, -0.25) is 24.5 Å². The Hall–Kier alpha value is -3.76. The lowest BCUT2D eigenvalue weighted by molar-refractivity contribution is -0.137. The largest absolute Gasteiger partial charge is 0.346 e. The molecular formula is C24H20ClN5O4S. The van der Waals surface area contributed by atoms with E-state index in [9.17, 15) is 19.2 Å². The Morgan fingerprint density at radius 2 is 1.97 bits per heavy atom. The number of imide groups is 1. The summed E-state index contributed by atoms with van der Waals surface area (Å²) >= 11 is 7.20. The van der Waals surface area contributed by atoms with Crippen molar-refractivity contribution in [2.75, 3.05) is 10.6 Å². The maximum Gasteiger partial charge on any atom is 0.255 e. The van der Waals surface area contributed by atoms with E-state index in [0.717, 1.165) is 16.3 Å². The molecule has 0 saturated carbocycles. The zero-order chi connectivity index (χ0) is 24.5. The molecule has 1 fully saturated rings. The SMILES string of the molecule is O=C1CCC(N2Cc3ccc(CC(=O)Nc4ncc(Nc5ccc(Cl)cc5)s4)cc3C2=O)C(=O)N1. The van der Waals surface area contributed by atoms with Gasteiger partial charge in [0, 0.05) is 29.2 Å². The fourth-order valence-electron chi connectivity index (χ4n) is 4.13. The number of carbonyl (C=O) groups is 4. The van der Waals surface area contributed by atoms with E-state index in [4.69, 9.17) is 11.6 Å². The van der Waals surface area contributed by atoms with Crippen LogP contribution in [-0.2, 0) is 27.3 Å². The maximum absolute atomic E-state index is 13.0. The number of anilines is 3. The number of hydrogen-bond donors (Lipinski definition) is 3. The Balaban J connectivity index is 1.20. The van der Waals surface area contributed by atoms with Crippen LogP contribution in [-0.4, -0.2) is 39.6 Å². The Bertz CT molecular complexity index is 1340. The van der Waals surface area contributed by atoms with Crippen molar-refractivity contribution < 1.29 is 19.2 Å². The van der Waals surface area contributed by atoms with Gasteiger partial charge in [-0.2, -0.15) is 0 Å². The van der Waals surface area contributed by atoms with Gasteiger partial charge >= 0.3 is 0 Å². The highest BCUT2D eigenvalue weighted by Crippen LogP contribution is 2.29. The third-order valence-corrected chi connectivity index (χ3v) is 6.90. The van der Waals surface area contributed by atoms with Gasteiger partial charge in [0.15, 0.2) is 5.13 Å². The number of piperidine rings is 1. The molecule has 2 aliphatic heterocycles. The quantitative estimate of drug-likeness (QED) is 0.437.